The molecule has 0 aliphatic carbocycles. The van der Waals surface area contributed by atoms with Gasteiger partial charge < -0.3 is 9.52 Å². The quantitative estimate of drug-likeness (QED) is 0.623. The first-order chi connectivity index (χ1) is 6.18. The van der Waals surface area contributed by atoms with Crippen LogP contribution < -0.4 is 5.63 Å². The third-order valence-electron chi connectivity index (χ3n) is 1.98. The highest BCUT2D eigenvalue weighted by molar-refractivity contribution is 5.84. The summed E-state index contributed by atoms with van der Waals surface area (Å²) in [5.41, 5.74) is 0.775. The van der Waals surface area contributed by atoms with E-state index in [0.29, 0.717) is 0 Å². The maximum Gasteiger partial charge on any atom is 0.336 e. The Bertz CT molecular complexity index is 511. The van der Waals surface area contributed by atoms with Crippen molar-refractivity contribution < 1.29 is 9.52 Å². The predicted octanol–water partition coefficient (Wildman–Crippen LogP) is 1.81. The molecule has 0 saturated heterocycles. The molecule has 0 fully saturated rings. The van der Waals surface area contributed by atoms with Crippen molar-refractivity contribution in [3.63, 3.8) is 0 Å². The van der Waals surface area contributed by atoms with E-state index in [9.17, 15) is 9.90 Å². The molecule has 0 aliphatic rings. The largest absolute Gasteiger partial charge is 0.504 e. The number of benzene rings is 1. The molecule has 1 aromatic carbocycles. The monoisotopic (exact) mass is 176 g/mol. The van der Waals surface area contributed by atoms with Gasteiger partial charge in [-0.1, -0.05) is 6.07 Å². The lowest BCUT2D eigenvalue weighted by Gasteiger charge is -2.00. The van der Waals surface area contributed by atoms with Gasteiger partial charge in [0.25, 0.3) is 0 Å². The Morgan fingerprint density at radius 3 is 2.77 bits per heavy atom. The molecule has 0 atom stereocenters. The van der Waals surface area contributed by atoms with E-state index in [0.717, 1.165) is 10.9 Å². The average molecular weight is 176 g/mol. The number of phenols is 1. The van der Waals surface area contributed by atoms with Crippen molar-refractivity contribution in [2.75, 3.05) is 0 Å². The van der Waals surface area contributed by atoms with Gasteiger partial charge in [0.2, 0.25) is 0 Å². The molecule has 2 rings (SSSR count). The van der Waals surface area contributed by atoms with Gasteiger partial charge in [0.05, 0.1) is 0 Å². The summed E-state index contributed by atoms with van der Waals surface area (Å²) in [6.07, 6.45) is 0. The smallest absolute Gasteiger partial charge is 0.336 e. The molecule has 0 spiro atoms. The summed E-state index contributed by atoms with van der Waals surface area (Å²) < 4.78 is 4.87. The Balaban J connectivity index is 3.00. The van der Waals surface area contributed by atoms with Gasteiger partial charge in [-0.3, -0.25) is 0 Å². The third kappa shape index (κ3) is 1.18. The van der Waals surface area contributed by atoms with Crippen LogP contribution in [0.1, 0.15) is 5.56 Å². The molecule has 0 bridgehead atoms. The lowest BCUT2D eigenvalue weighted by Crippen LogP contribution is -1.95. The van der Waals surface area contributed by atoms with Crippen LogP contribution >= 0.6 is 0 Å². The first-order valence-corrected chi connectivity index (χ1v) is 3.91. The fraction of sp³-hybridized carbons (Fsp3) is 0.100. The molecule has 0 aliphatic heterocycles. The van der Waals surface area contributed by atoms with Crippen molar-refractivity contribution in [2.45, 2.75) is 6.92 Å². The zero-order chi connectivity index (χ0) is 9.42. The van der Waals surface area contributed by atoms with E-state index < -0.39 is 5.63 Å². The van der Waals surface area contributed by atoms with E-state index >= 15 is 0 Å². The molecule has 0 radical (unpaired) electrons. The highest BCUT2D eigenvalue weighted by Crippen LogP contribution is 2.25. The van der Waals surface area contributed by atoms with Crippen LogP contribution in [0.5, 0.6) is 5.75 Å². The van der Waals surface area contributed by atoms with Crippen molar-refractivity contribution in [2.24, 2.45) is 0 Å². The number of aromatic hydroxyl groups is 1. The minimum atomic E-state index is -0.451. The molecule has 1 aromatic heterocycles. The van der Waals surface area contributed by atoms with Crippen LogP contribution in [0.25, 0.3) is 11.0 Å². The molecule has 13 heavy (non-hydrogen) atoms. The SMILES string of the molecule is Cc1ccc(O)c2oc(=O)ccc12. The molecule has 0 unspecified atom stereocenters. The second kappa shape index (κ2) is 2.62. The normalized spacial score (nSPS) is 10.5. The van der Waals surface area contributed by atoms with Gasteiger partial charge in [-0.2, -0.15) is 0 Å². The molecule has 2 aromatic rings. The fourth-order valence-corrected chi connectivity index (χ4v) is 1.29. The lowest BCUT2D eigenvalue weighted by molar-refractivity contribution is 0.457. The predicted molar refractivity (Wildman–Crippen MR) is 48.9 cm³/mol. The number of aryl methyl sites for hydroxylation is 1. The van der Waals surface area contributed by atoms with Gasteiger partial charge in [0.15, 0.2) is 11.3 Å². The Kier molecular flexibility index (Phi) is 1.59. The third-order valence-corrected chi connectivity index (χ3v) is 1.98. The standard InChI is InChI=1S/C10H8O3/c1-6-2-4-8(11)10-7(6)3-5-9(12)13-10/h2-5,11H,1H3. The molecular weight excluding hydrogens is 168 g/mol. The molecule has 3 heteroatoms. The van der Waals surface area contributed by atoms with Crippen molar-refractivity contribution in [1.29, 1.82) is 0 Å². The molecule has 3 nitrogen and oxygen atoms in total. The second-order valence-electron chi connectivity index (χ2n) is 2.90. The van der Waals surface area contributed by atoms with Crippen LogP contribution in [0.2, 0.25) is 0 Å². The minimum absolute atomic E-state index is 0.00157. The van der Waals surface area contributed by atoms with Gasteiger partial charge in [0, 0.05) is 11.5 Å². The fourth-order valence-electron chi connectivity index (χ4n) is 1.29. The first-order valence-electron chi connectivity index (χ1n) is 3.91. The topological polar surface area (TPSA) is 50.4 Å². The minimum Gasteiger partial charge on any atom is -0.504 e. The van der Waals surface area contributed by atoms with Crippen LogP contribution in [0.3, 0.4) is 0 Å². The molecule has 1 N–H and O–H groups in total. The summed E-state index contributed by atoms with van der Waals surface area (Å²) >= 11 is 0. The summed E-state index contributed by atoms with van der Waals surface area (Å²) in [6.45, 7) is 1.89. The summed E-state index contributed by atoms with van der Waals surface area (Å²) in [5.74, 6) is -0.00157. The highest BCUT2D eigenvalue weighted by atomic mass is 16.4. The van der Waals surface area contributed by atoms with Gasteiger partial charge in [0.1, 0.15) is 0 Å². The Hall–Kier alpha value is -1.77. The van der Waals surface area contributed by atoms with E-state index in [1.54, 1.807) is 12.1 Å². The van der Waals surface area contributed by atoms with Gasteiger partial charge in [-0.25, -0.2) is 4.79 Å². The summed E-state index contributed by atoms with van der Waals surface area (Å²) in [4.78, 5) is 10.9. The molecule has 0 amide bonds. The van der Waals surface area contributed by atoms with Crippen LogP contribution in [0.15, 0.2) is 33.5 Å². The van der Waals surface area contributed by atoms with E-state index in [1.165, 1.54) is 12.1 Å². The number of fused-ring (bicyclic) bond motifs is 1. The maximum atomic E-state index is 10.9. The number of rotatable bonds is 0. The van der Waals surface area contributed by atoms with Gasteiger partial charge in [-0.05, 0) is 24.6 Å². The lowest BCUT2D eigenvalue weighted by atomic mass is 10.1. The van der Waals surface area contributed by atoms with Gasteiger partial charge >= 0.3 is 5.63 Å². The summed E-state index contributed by atoms with van der Waals surface area (Å²) in [5, 5.41) is 10.2. The van der Waals surface area contributed by atoms with E-state index in [4.69, 9.17) is 4.42 Å². The van der Waals surface area contributed by atoms with Crippen molar-refractivity contribution in [1.82, 2.24) is 0 Å². The van der Waals surface area contributed by atoms with Crippen molar-refractivity contribution >= 4 is 11.0 Å². The average Bonchev–Trinajstić information content (AvgIpc) is 2.12. The summed E-state index contributed by atoms with van der Waals surface area (Å²) in [7, 11) is 0. The zero-order valence-corrected chi connectivity index (χ0v) is 7.07. The van der Waals surface area contributed by atoms with Crippen LogP contribution in [0.4, 0.5) is 0 Å². The number of phenolic OH excluding ortho intramolecular Hbond substituents is 1. The van der Waals surface area contributed by atoms with Crippen molar-refractivity contribution in [3.05, 3.63) is 40.2 Å². The van der Waals surface area contributed by atoms with Crippen molar-refractivity contribution in [3.8, 4) is 5.75 Å². The van der Waals surface area contributed by atoms with Crippen LogP contribution in [-0.2, 0) is 0 Å². The van der Waals surface area contributed by atoms with Crippen LogP contribution in [0, 0.1) is 6.92 Å². The molecule has 0 saturated carbocycles. The molecule has 1 heterocycles. The maximum absolute atomic E-state index is 10.9. The van der Waals surface area contributed by atoms with Gasteiger partial charge in [-0.15, -0.1) is 0 Å². The van der Waals surface area contributed by atoms with E-state index in [1.807, 2.05) is 6.92 Å². The molecular formula is C10H8O3. The highest BCUT2D eigenvalue weighted by Gasteiger charge is 2.04. The number of hydrogen-bond acceptors (Lipinski definition) is 3. The Morgan fingerprint density at radius 1 is 1.23 bits per heavy atom. The Labute approximate surface area is 74.2 Å². The zero-order valence-electron chi connectivity index (χ0n) is 7.07. The Morgan fingerprint density at radius 2 is 2.00 bits per heavy atom. The van der Waals surface area contributed by atoms with Crippen LogP contribution in [-0.4, -0.2) is 5.11 Å². The first kappa shape index (κ1) is 7.86. The van der Waals surface area contributed by atoms with E-state index in [-0.39, 0.29) is 11.3 Å². The van der Waals surface area contributed by atoms with E-state index in [2.05, 4.69) is 0 Å². The second-order valence-corrected chi connectivity index (χ2v) is 2.90. The molecule has 66 valence electrons. The summed E-state index contributed by atoms with van der Waals surface area (Å²) in [6, 6.07) is 6.28. The number of hydrogen-bond donors (Lipinski definition) is 1.